The molecule has 4 aromatic rings. The second-order valence-electron chi connectivity index (χ2n) is 6.58. The van der Waals surface area contributed by atoms with Crippen molar-refractivity contribution < 1.29 is 14.3 Å². The molecule has 0 radical (unpaired) electrons. The van der Waals surface area contributed by atoms with Crippen LogP contribution in [0.25, 0.3) is 22.3 Å². The van der Waals surface area contributed by atoms with E-state index in [-0.39, 0.29) is 16.4 Å². The highest BCUT2D eigenvalue weighted by molar-refractivity contribution is 6.34. The third-order valence-corrected chi connectivity index (χ3v) is 5.08. The zero-order valence-electron chi connectivity index (χ0n) is 16.8. The average molecular weight is 436 g/mol. The van der Waals surface area contributed by atoms with E-state index >= 15 is 0 Å². The van der Waals surface area contributed by atoms with Gasteiger partial charge in [-0.1, -0.05) is 35.9 Å². The summed E-state index contributed by atoms with van der Waals surface area (Å²) in [4.78, 5) is 30.8. The summed E-state index contributed by atoms with van der Waals surface area (Å²) >= 11 is 6.16. The number of para-hydroxylation sites is 1. The van der Waals surface area contributed by atoms with Gasteiger partial charge in [0.05, 0.1) is 35.7 Å². The first-order valence-electron chi connectivity index (χ1n) is 9.33. The topological polar surface area (TPSA) is 82.5 Å². The van der Waals surface area contributed by atoms with Crippen LogP contribution in [0.5, 0.6) is 11.5 Å². The number of carbonyl (C=O) groups is 1. The predicted octanol–water partition coefficient (Wildman–Crippen LogP) is 4.12. The molecule has 4 rings (SSSR count). The Kier molecular flexibility index (Phi) is 5.60. The zero-order chi connectivity index (χ0) is 22.0. The number of benzene rings is 3. The van der Waals surface area contributed by atoms with Crippen LogP contribution < -0.4 is 20.5 Å². The number of fused-ring (bicyclic) bond motifs is 1. The molecule has 7 nitrogen and oxygen atoms in total. The standard InChI is InChI=1S/C23H18ClN3O4/c1-30-19-12-11-14(13-20(19)31-2)21-25-18-10-6-4-8-16(18)23(29)27(21)26-22(28)15-7-3-5-9-17(15)24/h3-13H,1-2H3,(H,26,28). The number of halogens is 1. The second-order valence-corrected chi connectivity index (χ2v) is 6.99. The normalized spacial score (nSPS) is 10.7. The van der Waals surface area contributed by atoms with Crippen molar-refractivity contribution in [1.29, 1.82) is 0 Å². The van der Waals surface area contributed by atoms with Gasteiger partial charge in [0.15, 0.2) is 17.3 Å². The van der Waals surface area contributed by atoms with Gasteiger partial charge in [0.2, 0.25) is 0 Å². The Morgan fingerprint density at radius 1 is 0.968 bits per heavy atom. The predicted molar refractivity (Wildman–Crippen MR) is 120 cm³/mol. The third-order valence-electron chi connectivity index (χ3n) is 4.75. The van der Waals surface area contributed by atoms with Crippen molar-refractivity contribution in [1.82, 2.24) is 9.66 Å². The first kappa shape index (κ1) is 20.4. The number of rotatable bonds is 5. The smallest absolute Gasteiger partial charge is 0.280 e. The van der Waals surface area contributed by atoms with Crippen LogP contribution in [-0.2, 0) is 0 Å². The highest BCUT2D eigenvalue weighted by Gasteiger charge is 2.18. The summed E-state index contributed by atoms with van der Waals surface area (Å²) in [6, 6.07) is 18.6. The van der Waals surface area contributed by atoms with Gasteiger partial charge in [0.1, 0.15) is 0 Å². The fraction of sp³-hybridized carbons (Fsp3) is 0.0870. The maximum absolute atomic E-state index is 13.3. The summed E-state index contributed by atoms with van der Waals surface area (Å²) in [7, 11) is 3.05. The minimum absolute atomic E-state index is 0.238. The van der Waals surface area contributed by atoms with Gasteiger partial charge in [-0.15, -0.1) is 0 Å². The molecule has 0 fully saturated rings. The van der Waals surface area contributed by atoms with Crippen LogP contribution in [-0.4, -0.2) is 29.8 Å². The first-order valence-corrected chi connectivity index (χ1v) is 9.71. The minimum atomic E-state index is -0.536. The van der Waals surface area contributed by atoms with Crippen LogP contribution in [0.15, 0.2) is 71.5 Å². The number of aromatic nitrogens is 2. The number of methoxy groups -OCH3 is 2. The van der Waals surface area contributed by atoms with Gasteiger partial charge in [-0.05, 0) is 42.5 Å². The molecule has 156 valence electrons. The monoisotopic (exact) mass is 435 g/mol. The summed E-state index contributed by atoms with van der Waals surface area (Å²) in [5.74, 6) is 0.698. The van der Waals surface area contributed by atoms with E-state index in [0.717, 1.165) is 4.68 Å². The van der Waals surface area contributed by atoms with Crippen molar-refractivity contribution in [3.63, 3.8) is 0 Å². The molecule has 8 heteroatoms. The fourth-order valence-electron chi connectivity index (χ4n) is 3.21. The molecule has 0 atom stereocenters. The van der Waals surface area contributed by atoms with E-state index in [2.05, 4.69) is 10.4 Å². The average Bonchev–Trinajstić information content (AvgIpc) is 2.80. The van der Waals surface area contributed by atoms with Crippen LogP contribution in [0.4, 0.5) is 0 Å². The summed E-state index contributed by atoms with van der Waals surface area (Å²) in [5.41, 5.74) is 3.51. The molecule has 0 saturated carbocycles. The quantitative estimate of drug-likeness (QED) is 0.510. The molecule has 0 aliphatic rings. The number of carbonyl (C=O) groups excluding carboxylic acids is 1. The van der Waals surface area contributed by atoms with E-state index in [1.165, 1.54) is 14.2 Å². The number of hydrogen-bond acceptors (Lipinski definition) is 5. The van der Waals surface area contributed by atoms with Gasteiger partial charge >= 0.3 is 0 Å². The molecule has 1 amide bonds. The lowest BCUT2D eigenvalue weighted by Gasteiger charge is -2.16. The SMILES string of the molecule is COc1ccc(-c2nc3ccccc3c(=O)n2NC(=O)c2ccccc2Cl)cc1OC. The largest absolute Gasteiger partial charge is 0.493 e. The molecule has 3 aromatic carbocycles. The maximum atomic E-state index is 13.3. The third kappa shape index (κ3) is 3.83. The molecular formula is C23H18ClN3O4. The lowest BCUT2D eigenvalue weighted by Crippen LogP contribution is -2.35. The van der Waals surface area contributed by atoms with E-state index in [1.807, 2.05) is 0 Å². The molecule has 0 aliphatic heterocycles. The minimum Gasteiger partial charge on any atom is -0.493 e. The molecular weight excluding hydrogens is 418 g/mol. The molecule has 1 N–H and O–H groups in total. The highest BCUT2D eigenvalue weighted by Crippen LogP contribution is 2.31. The lowest BCUT2D eigenvalue weighted by molar-refractivity contribution is 0.101. The summed E-state index contributed by atoms with van der Waals surface area (Å²) in [5, 5.41) is 0.639. The number of nitrogens with one attached hydrogen (secondary N) is 1. The van der Waals surface area contributed by atoms with Crippen LogP contribution in [0.2, 0.25) is 5.02 Å². The molecule has 1 heterocycles. The van der Waals surface area contributed by atoms with Gasteiger partial charge in [-0.25, -0.2) is 4.98 Å². The Morgan fingerprint density at radius 3 is 2.42 bits per heavy atom. The molecule has 0 spiro atoms. The van der Waals surface area contributed by atoms with Gasteiger partial charge in [0.25, 0.3) is 11.5 Å². The number of nitrogens with zero attached hydrogens (tertiary/aromatic N) is 2. The van der Waals surface area contributed by atoms with Crippen molar-refractivity contribution in [2.45, 2.75) is 0 Å². The summed E-state index contributed by atoms with van der Waals surface area (Å²) < 4.78 is 11.8. The summed E-state index contributed by atoms with van der Waals surface area (Å²) in [6.07, 6.45) is 0. The van der Waals surface area contributed by atoms with E-state index in [0.29, 0.717) is 28.0 Å². The highest BCUT2D eigenvalue weighted by atomic mass is 35.5. The Bertz CT molecular complexity index is 1350. The van der Waals surface area contributed by atoms with E-state index in [9.17, 15) is 9.59 Å². The molecule has 0 saturated heterocycles. The van der Waals surface area contributed by atoms with Crippen molar-refractivity contribution in [2.75, 3.05) is 19.6 Å². The van der Waals surface area contributed by atoms with Crippen molar-refractivity contribution in [3.8, 4) is 22.9 Å². The molecule has 0 aliphatic carbocycles. The Labute approximate surface area is 182 Å². The second kappa shape index (κ2) is 8.49. The lowest BCUT2D eigenvalue weighted by atomic mass is 10.1. The van der Waals surface area contributed by atoms with Crippen LogP contribution in [0.3, 0.4) is 0 Å². The summed E-state index contributed by atoms with van der Waals surface area (Å²) in [6.45, 7) is 0. The number of hydrogen-bond donors (Lipinski definition) is 1. The Morgan fingerprint density at radius 2 is 1.68 bits per heavy atom. The van der Waals surface area contributed by atoms with Gasteiger partial charge in [-0.3, -0.25) is 15.0 Å². The van der Waals surface area contributed by atoms with Crippen LogP contribution >= 0.6 is 11.6 Å². The van der Waals surface area contributed by atoms with Crippen molar-refractivity contribution in [3.05, 3.63) is 87.7 Å². The molecule has 1 aromatic heterocycles. The van der Waals surface area contributed by atoms with E-state index in [4.69, 9.17) is 21.1 Å². The Hall–Kier alpha value is -3.84. The molecule has 0 unspecified atom stereocenters. The maximum Gasteiger partial charge on any atom is 0.280 e. The molecule has 0 bridgehead atoms. The van der Waals surface area contributed by atoms with Gasteiger partial charge in [-0.2, -0.15) is 4.68 Å². The number of ether oxygens (including phenoxy) is 2. The zero-order valence-corrected chi connectivity index (χ0v) is 17.5. The van der Waals surface area contributed by atoms with Gasteiger partial charge in [0, 0.05) is 5.56 Å². The van der Waals surface area contributed by atoms with Crippen LogP contribution in [0.1, 0.15) is 10.4 Å². The van der Waals surface area contributed by atoms with E-state index < -0.39 is 11.5 Å². The van der Waals surface area contributed by atoms with Crippen molar-refractivity contribution in [2.24, 2.45) is 0 Å². The first-order chi connectivity index (χ1) is 15.0. The Balaban J connectivity index is 1.91. The van der Waals surface area contributed by atoms with E-state index in [1.54, 1.807) is 66.7 Å². The van der Waals surface area contributed by atoms with Crippen LogP contribution in [0, 0.1) is 0 Å². The van der Waals surface area contributed by atoms with Crippen molar-refractivity contribution >= 4 is 28.4 Å². The fourth-order valence-corrected chi connectivity index (χ4v) is 3.43. The molecule has 31 heavy (non-hydrogen) atoms. The van der Waals surface area contributed by atoms with Gasteiger partial charge < -0.3 is 9.47 Å². The number of amides is 1.